The first-order valence-electron chi connectivity index (χ1n) is 4.92. The molecule has 0 amide bonds. The van der Waals surface area contributed by atoms with Crippen molar-refractivity contribution in [2.45, 2.75) is 12.7 Å². The molecule has 0 saturated carbocycles. The second kappa shape index (κ2) is 4.56. The maximum atomic E-state index is 12.5. The van der Waals surface area contributed by atoms with Gasteiger partial charge in [-0.15, -0.1) is 0 Å². The van der Waals surface area contributed by atoms with Gasteiger partial charge in [0.2, 0.25) is 0 Å². The van der Waals surface area contributed by atoms with Crippen LogP contribution < -0.4 is 0 Å². The van der Waals surface area contributed by atoms with Crippen molar-refractivity contribution in [1.82, 2.24) is 4.57 Å². The second-order valence-electron chi connectivity index (χ2n) is 3.70. The Bertz CT molecular complexity index is 516. The molecule has 1 aromatic heterocycles. The van der Waals surface area contributed by atoms with Crippen LogP contribution in [0.2, 0.25) is 0 Å². The largest absolute Gasteiger partial charge is 0.416 e. The van der Waals surface area contributed by atoms with Gasteiger partial charge in [-0.1, -0.05) is 12.1 Å². The Balaban J connectivity index is 2.22. The Morgan fingerprint density at radius 3 is 2.53 bits per heavy atom. The number of nitrogens with zero attached hydrogens (tertiary/aromatic N) is 1. The van der Waals surface area contributed by atoms with Gasteiger partial charge in [-0.25, -0.2) is 0 Å². The van der Waals surface area contributed by atoms with Crippen molar-refractivity contribution in [3.63, 3.8) is 0 Å². The number of halogens is 4. The lowest BCUT2D eigenvalue weighted by molar-refractivity contribution is -0.137. The fourth-order valence-corrected chi connectivity index (χ4v) is 1.95. The van der Waals surface area contributed by atoms with E-state index in [1.807, 2.05) is 23.0 Å². The summed E-state index contributed by atoms with van der Waals surface area (Å²) >= 11 is 3.29. The number of benzene rings is 1. The highest BCUT2D eigenvalue weighted by Gasteiger charge is 2.30. The van der Waals surface area contributed by atoms with Gasteiger partial charge in [0.05, 0.1) is 5.56 Å². The Hall–Kier alpha value is -1.23. The van der Waals surface area contributed by atoms with Crippen LogP contribution in [-0.2, 0) is 12.7 Å². The molecule has 17 heavy (non-hydrogen) atoms. The van der Waals surface area contributed by atoms with Crippen LogP contribution >= 0.6 is 15.9 Å². The first-order valence-corrected chi connectivity index (χ1v) is 5.72. The third-order valence-corrected chi connectivity index (χ3v) is 2.80. The van der Waals surface area contributed by atoms with Crippen LogP contribution in [0.4, 0.5) is 13.2 Å². The molecule has 90 valence electrons. The molecule has 0 atom stereocenters. The Labute approximate surface area is 105 Å². The van der Waals surface area contributed by atoms with Gasteiger partial charge in [0.15, 0.2) is 0 Å². The van der Waals surface area contributed by atoms with Crippen LogP contribution in [0, 0.1) is 0 Å². The SMILES string of the molecule is FC(F)(F)c1cccc(Cn2ccc(Br)c2)c1. The molecule has 0 N–H and O–H groups in total. The molecule has 2 rings (SSSR count). The number of hydrogen-bond donors (Lipinski definition) is 0. The van der Waals surface area contributed by atoms with Gasteiger partial charge in [-0.05, 0) is 39.7 Å². The highest BCUT2D eigenvalue weighted by molar-refractivity contribution is 9.10. The number of aromatic nitrogens is 1. The van der Waals surface area contributed by atoms with E-state index in [0.29, 0.717) is 12.1 Å². The van der Waals surface area contributed by atoms with E-state index in [-0.39, 0.29) is 0 Å². The average Bonchev–Trinajstić information content (AvgIpc) is 2.63. The smallest absolute Gasteiger partial charge is 0.349 e. The zero-order valence-corrected chi connectivity index (χ0v) is 10.3. The summed E-state index contributed by atoms with van der Waals surface area (Å²) in [6.45, 7) is 0.426. The summed E-state index contributed by atoms with van der Waals surface area (Å²) in [5.74, 6) is 0. The lowest BCUT2D eigenvalue weighted by Gasteiger charge is -2.09. The quantitative estimate of drug-likeness (QED) is 0.779. The lowest BCUT2D eigenvalue weighted by atomic mass is 10.1. The monoisotopic (exact) mass is 303 g/mol. The van der Waals surface area contributed by atoms with Crippen LogP contribution in [0.1, 0.15) is 11.1 Å². The van der Waals surface area contributed by atoms with E-state index in [0.717, 1.165) is 10.5 Å². The zero-order valence-electron chi connectivity index (χ0n) is 8.71. The van der Waals surface area contributed by atoms with Crippen LogP contribution in [-0.4, -0.2) is 4.57 Å². The molecule has 0 aliphatic rings. The van der Waals surface area contributed by atoms with Gasteiger partial charge in [0.25, 0.3) is 0 Å². The molecule has 0 radical (unpaired) electrons. The molecule has 0 bridgehead atoms. The van der Waals surface area contributed by atoms with Crippen LogP contribution in [0.5, 0.6) is 0 Å². The van der Waals surface area contributed by atoms with Crippen molar-refractivity contribution < 1.29 is 13.2 Å². The van der Waals surface area contributed by atoms with E-state index in [2.05, 4.69) is 15.9 Å². The van der Waals surface area contributed by atoms with E-state index >= 15 is 0 Å². The Kier molecular flexibility index (Phi) is 3.28. The summed E-state index contributed by atoms with van der Waals surface area (Å²) in [5, 5.41) is 0. The van der Waals surface area contributed by atoms with Crippen LogP contribution in [0.15, 0.2) is 47.2 Å². The van der Waals surface area contributed by atoms with Gasteiger partial charge in [-0.2, -0.15) is 13.2 Å². The normalized spacial score (nSPS) is 11.8. The third-order valence-electron chi connectivity index (χ3n) is 2.33. The molecule has 1 aromatic carbocycles. The first-order chi connectivity index (χ1) is 7.95. The van der Waals surface area contributed by atoms with Gasteiger partial charge >= 0.3 is 6.18 Å². The topological polar surface area (TPSA) is 4.93 Å². The molecular formula is C12H9BrF3N. The third kappa shape index (κ3) is 3.12. The number of alkyl halides is 3. The van der Waals surface area contributed by atoms with E-state index in [4.69, 9.17) is 0 Å². The summed E-state index contributed by atoms with van der Waals surface area (Å²) in [6.07, 6.45) is -0.655. The Morgan fingerprint density at radius 2 is 1.94 bits per heavy atom. The van der Waals surface area contributed by atoms with Crippen molar-refractivity contribution >= 4 is 15.9 Å². The van der Waals surface area contributed by atoms with E-state index in [1.54, 1.807) is 6.07 Å². The van der Waals surface area contributed by atoms with Crippen molar-refractivity contribution in [2.75, 3.05) is 0 Å². The maximum absolute atomic E-state index is 12.5. The summed E-state index contributed by atoms with van der Waals surface area (Å²) in [5.41, 5.74) is 0.0177. The average molecular weight is 304 g/mol. The second-order valence-corrected chi connectivity index (χ2v) is 4.62. The molecular weight excluding hydrogens is 295 g/mol. The Morgan fingerprint density at radius 1 is 1.18 bits per heavy atom. The van der Waals surface area contributed by atoms with Crippen molar-refractivity contribution in [2.24, 2.45) is 0 Å². The molecule has 0 spiro atoms. The molecule has 1 heterocycles. The summed E-state index contributed by atoms with van der Waals surface area (Å²) in [4.78, 5) is 0. The predicted octanol–water partition coefficient (Wildman–Crippen LogP) is 4.32. The van der Waals surface area contributed by atoms with Crippen LogP contribution in [0.25, 0.3) is 0 Å². The maximum Gasteiger partial charge on any atom is 0.416 e. The van der Waals surface area contributed by atoms with E-state index < -0.39 is 11.7 Å². The molecule has 1 nitrogen and oxygen atoms in total. The summed E-state index contributed by atoms with van der Waals surface area (Å²) in [6, 6.07) is 7.20. The van der Waals surface area contributed by atoms with Crippen molar-refractivity contribution in [3.8, 4) is 0 Å². The van der Waals surface area contributed by atoms with Crippen molar-refractivity contribution in [3.05, 3.63) is 58.3 Å². The summed E-state index contributed by atoms with van der Waals surface area (Å²) in [7, 11) is 0. The number of hydrogen-bond acceptors (Lipinski definition) is 0. The predicted molar refractivity (Wildman–Crippen MR) is 62.7 cm³/mol. The molecule has 5 heteroatoms. The first kappa shape index (κ1) is 12.2. The fraction of sp³-hybridized carbons (Fsp3) is 0.167. The lowest BCUT2D eigenvalue weighted by Crippen LogP contribution is -2.06. The van der Waals surface area contributed by atoms with Gasteiger partial charge in [0.1, 0.15) is 0 Å². The van der Waals surface area contributed by atoms with Crippen LogP contribution in [0.3, 0.4) is 0 Å². The summed E-state index contributed by atoms with van der Waals surface area (Å²) < 4.78 is 40.2. The van der Waals surface area contributed by atoms with Gasteiger partial charge < -0.3 is 4.57 Å². The minimum absolute atomic E-state index is 0.426. The number of rotatable bonds is 2. The molecule has 0 unspecified atom stereocenters. The molecule has 2 aromatic rings. The fourth-order valence-electron chi connectivity index (χ4n) is 1.57. The van der Waals surface area contributed by atoms with Crippen molar-refractivity contribution in [1.29, 1.82) is 0 Å². The molecule has 0 aliphatic carbocycles. The highest BCUT2D eigenvalue weighted by atomic mass is 79.9. The van der Waals surface area contributed by atoms with E-state index in [1.165, 1.54) is 12.1 Å². The minimum Gasteiger partial charge on any atom is -0.349 e. The standard InChI is InChI=1S/C12H9BrF3N/c13-11-4-5-17(8-11)7-9-2-1-3-10(6-9)12(14,15)16/h1-6,8H,7H2. The molecule has 0 aliphatic heterocycles. The highest BCUT2D eigenvalue weighted by Crippen LogP contribution is 2.29. The van der Waals surface area contributed by atoms with Gasteiger partial charge in [0, 0.05) is 23.4 Å². The van der Waals surface area contributed by atoms with E-state index in [9.17, 15) is 13.2 Å². The zero-order chi connectivity index (χ0) is 12.5. The molecule has 0 fully saturated rings. The minimum atomic E-state index is -4.28. The molecule has 0 saturated heterocycles. The van der Waals surface area contributed by atoms with Gasteiger partial charge in [-0.3, -0.25) is 0 Å².